The number of hydrogen-bond acceptors (Lipinski definition) is 4. The van der Waals surface area contributed by atoms with Gasteiger partial charge in [-0.05, 0) is 0 Å². The van der Waals surface area contributed by atoms with Crippen LogP contribution in [0, 0.1) is 0 Å². The standard InChI is InChI=1S/C10H13N3O2S/c1-3-4-11-9(15)5-8-6-16-10(13-8)12-7(2)14/h3,6H,1,4-5H2,2H3,(H,11,15)(H,12,13,14). The number of carbonyl (C=O) groups is 2. The van der Waals surface area contributed by atoms with E-state index >= 15 is 0 Å². The number of hydrogen-bond donors (Lipinski definition) is 2. The van der Waals surface area contributed by atoms with Crippen LogP contribution in [0.25, 0.3) is 0 Å². The van der Waals surface area contributed by atoms with Crippen molar-refractivity contribution in [3.05, 3.63) is 23.7 Å². The monoisotopic (exact) mass is 239 g/mol. The van der Waals surface area contributed by atoms with Gasteiger partial charge in [-0.1, -0.05) is 6.08 Å². The number of nitrogens with zero attached hydrogens (tertiary/aromatic N) is 1. The van der Waals surface area contributed by atoms with Crippen LogP contribution in [-0.4, -0.2) is 23.3 Å². The van der Waals surface area contributed by atoms with Gasteiger partial charge in [-0.15, -0.1) is 17.9 Å². The first-order chi connectivity index (χ1) is 7.61. The van der Waals surface area contributed by atoms with Crippen molar-refractivity contribution >= 4 is 28.3 Å². The fraction of sp³-hybridized carbons (Fsp3) is 0.300. The first kappa shape index (κ1) is 12.4. The summed E-state index contributed by atoms with van der Waals surface area (Å²) < 4.78 is 0. The summed E-state index contributed by atoms with van der Waals surface area (Å²) in [5, 5.41) is 7.48. The Hall–Kier alpha value is -1.69. The molecule has 0 spiro atoms. The zero-order chi connectivity index (χ0) is 12.0. The average Bonchev–Trinajstić information content (AvgIpc) is 2.61. The second-order valence-corrected chi connectivity index (χ2v) is 3.95. The smallest absolute Gasteiger partial charge is 0.226 e. The molecular weight excluding hydrogens is 226 g/mol. The molecule has 6 heteroatoms. The summed E-state index contributed by atoms with van der Waals surface area (Å²) >= 11 is 1.30. The van der Waals surface area contributed by atoms with E-state index in [1.807, 2.05) is 0 Å². The Morgan fingerprint density at radius 1 is 1.62 bits per heavy atom. The molecule has 0 saturated carbocycles. The van der Waals surface area contributed by atoms with Gasteiger partial charge in [-0.3, -0.25) is 9.59 Å². The minimum atomic E-state index is -0.169. The van der Waals surface area contributed by atoms with E-state index in [2.05, 4.69) is 22.2 Å². The maximum Gasteiger partial charge on any atom is 0.226 e. The Morgan fingerprint density at radius 3 is 3.00 bits per heavy atom. The molecule has 1 aromatic rings. The lowest BCUT2D eigenvalue weighted by molar-refractivity contribution is -0.120. The molecule has 0 aliphatic heterocycles. The number of nitrogens with one attached hydrogen (secondary N) is 2. The van der Waals surface area contributed by atoms with E-state index in [1.54, 1.807) is 11.5 Å². The minimum Gasteiger partial charge on any atom is -0.352 e. The normalized spacial score (nSPS) is 9.56. The summed E-state index contributed by atoms with van der Waals surface area (Å²) in [6, 6.07) is 0. The van der Waals surface area contributed by atoms with Crippen LogP contribution in [0.5, 0.6) is 0 Å². The number of amides is 2. The predicted octanol–water partition coefficient (Wildman–Crippen LogP) is 0.946. The van der Waals surface area contributed by atoms with Gasteiger partial charge in [0.1, 0.15) is 0 Å². The van der Waals surface area contributed by atoms with Crippen molar-refractivity contribution in [2.45, 2.75) is 13.3 Å². The number of rotatable bonds is 5. The maximum atomic E-state index is 11.3. The quantitative estimate of drug-likeness (QED) is 0.751. The summed E-state index contributed by atoms with van der Waals surface area (Å²) in [6.07, 6.45) is 1.83. The van der Waals surface area contributed by atoms with Crippen molar-refractivity contribution in [1.29, 1.82) is 0 Å². The van der Waals surface area contributed by atoms with Gasteiger partial charge in [0.05, 0.1) is 12.1 Å². The predicted molar refractivity (Wildman–Crippen MR) is 63.3 cm³/mol. The Balaban J connectivity index is 2.48. The molecule has 0 unspecified atom stereocenters. The molecule has 5 nitrogen and oxygen atoms in total. The molecule has 2 amide bonds. The van der Waals surface area contributed by atoms with Gasteiger partial charge >= 0.3 is 0 Å². The van der Waals surface area contributed by atoms with E-state index in [1.165, 1.54) is 18.3 Å². The third-order valence-electron chi connectivity index (χ3n) is 1.62. The molecular formula is C10H13N3O2S. The van der Waals surface area contributed by atoms with Crippen LogP contribution in [0.2, 0.25) is 0 Å². The molecule has 1 heterocycles. The Bertz CT molecular complexity index is 401. The van der Waals surface area contributed by atoms with Crippen molar-refractivity contribution in [1.82, 2.24) is 10.3 Å². The molecule has 0 aliphatic rings. The van der Waals surface area contributed by atoms with Gasteiger partial charge in [0.25, 0.3) is 0 Å². The summed E-state index contributed by atoms with van der Waals surface area (Å²) in [4.78, 5) is 26.2. The molecule has 16 heavy (non-hydrogen) atoms. The topological polar surface area (TPSA) is 71.1 Å². The van der Waals surface area contributed by atoms with Gasteiger partial charge < -0.3 is 10.6 Å². The van der Waals surface area contributed by atoms with E-state index in [0.717, 1.165) is 0 Å². The number of anilines is 1. The highest BCUT2D eigenvalue weighted by Crippen LogP contribution is 2.15. The highest BCUT2D eigenvalue weighted by Gasteiger charge is 2.07. The van der Waals surface area contributed by atoms with Crippen LogP contribution >= 0.6 is 11.3 Å². The summed E-state index contributed by atoms with van der Waals surface area (Å²) in [5.41, 5.74) is 0.648. The Labute approximate surface area is 97.6 Å². The zero-order valence-corrected chi connectivity index (χ0v) is 9.76. The van der Waals surface area contributed by atoms with Crippen LogP contribution in [0.15, 0.2) is 18.0 Å². The molecule has 0 bridgehead atoms. The molecule has 0 radical (unpaired) electrons. The first-order valence-electron chi connectivity index (χ1n) is 4.71. The van der Waals surface area contributed by atoms with Crippen LogP contribution in [0.4, 0.5) is 5.13 Å². The van der Waals surface area contributed by atoms with Crippen molar-refractivity contribution in [3.8, 4) is 0 Å². The summed E-state index contributed by atoms with van der Waals surface area (Å²) in [7, 11) is 0. The Morgan fingerprint density at radius 2 is 2.38 bits per heavy atom. The average molecular weight is 239 g/mol. The van der Waals surface area contributed by atoms with Gasteiger partial charge in [0.2, 0.25) is 11.8 Å². The van der Waals surface area contributed by atoms with E-state index in [-0.39, 0.29) is 18.2 Å². The fourth-order valence-corrected chi connectivity index (χ4v) is 1.77. The number of aromatic nitrogens is 1. The lowest BCUT2D eigenvalue weighted by atomic mass is 10.3. The van der Waals surface area contributed by atoms with E-state index in [0.29, 0.717) is 17.4 Å². The van der Waals surface area contributed by atoms with E-state index < -0.39 is 0 Å². The second-order valence-electron chi connectivity index (χ2n) is 3.09. The molecule has 2 N–H and O–H groups in total. The maximum absolute atomic E-state index is 11.3. The second kappa shape index (κ2) is 6.02. The minimum absolute atomic E-state index is 0.112. The summed E-state index contributed by atoms with van der Waals surface area (Å²) in [6.45, 7) is 5.36. The SMILES string of the molecule is C=CCNC(=O)Cc1csc(NC(C)=O)n1. The van der Waals surface area contributed by atoms with Crippen molar-refractivity contribution in [2.75, 3.05) is 11.9 Å². The third kappa shape index (κ3) is 4.22. The third-order valence-corrected chi connectivity index (χ3v) is 2.43. The van der Waals surface area contributed by atoms with Crippen molar-refractivity contribution in [3.63, 3.8) is 0 Å². The first-order valence-corrected chi connectivity index (χ1v) is 5.59. The van der Waals surface area contributed by atoms with Crippen molar-refractivity contribution in [2.24, 2.45) is 0 Å². The molecule has 0 saturated heterocycles. The van der Waals surface area contributed by atoms with Crippen molar-refractivity contribution < 1.29 is 9.59 Å². The highest BCUT2D eigenvalue weighted by molar-refractivity contribution is 7.13. The molecule has 0 atom stereocenters. The molecule has 0 aliphatic carbocycles. The summed E-state index contributed by atoms with van der Waals surface area (Å²) in [5.74, 6) is -0.281. The van der Waals surface area contributed by atoms with Gasteiger partial charge in [0, 0.05) is 18.8 Å². The zero-order valence-electron chi connectivity index (χ0n) is 8.95. The van der Waals surface area contributed by atoms with Crippen LogP contribution in [0.1, 0.15) is 12.6 Å². The van der Waals surface area contributed by atoms with E-state index in [9.17, 15) is 9.59 Å². The molecule has 0 aromatic carbocycles. The van der Waals surface area contributed by atoms with Gasteiger partial charge in [0.15, 0.2) is 5.13 Å². The Kier molecular flexibility index (Phi) is 4.65. The van der Waals surface area contributed by atoms with Gasteiger partial charge in [-0.25, -0.2) is 4.98 Å². The lowest BCUT2D eigenvalue weighted by Gasteiger charge is -1.99. The van der Waals surface area contributed by atoms with Crippen LogP contribution in [0.3, 0.4) is 0 Å². The lowest BCUT2D eigenvalue weighted by Crippen LogP contribution is -2.25. The van der Waals surface area contributed by atoms with Gasteiger partial charge in [-0.2, -0.15) is 0 Å². The molecule has 1 rings (SSSR count). The molecule has 1 aromatic heterocycles. The van der Waals surface area contributed by atoms with E-state index in [4.69, 9.17) is 0 Å². The fourth-order valence-electron chi connectivity index (χ4n) is 1.01. The van der Waals surface area contributed by atoms with Crippen LogP contribution < -0.4 is 10.6 Å². The number of thiazole rings is 1. The highest BCUT2D eigenvalue weighted by atomic mass is 32.1. The number of carbonyl (C=O) groups excluding carboxylic acids is 2. The largest absolute Gasteiger partial charge is 0.352 e. The molecule has 0 fully saturated rings. The molecule has 86 valence electrons. The van der Waals surface area contributed by atoms with Crippen LogP contribution in [-0.2, 0) is 16.0 Å².